The van der Waals surface area contributed by atoms with E-state index < -0.39 is 23.2 Å². The zero-order chi connectivity index (χ0) is 18.5. The van der Waals surface area contributed by atoms with Crippen molar-refractivity contribution >= 4 is 12.1 Å². The minimum atomic E-state index is -1.02. The van der Waals surface area contributed by atoms with Gasteiger partial charge in [0.05, 0.1) is 6.61 Å². The summed E-state index contributed by atoms with van der Waals surface area (Å²) in [5.41, 5.74) is -0.622. The molecule has 0 radical (unpaired) electrons. The van der Waals surface area contributed by atoms with Crippen molar-refractivity contribution in [3.63, 3.8) is 0 Å². The predicted molar refractivity (Wildman–Crippen MR) is 92.8 cm³/mol. The van der Waals surface area contributed by atoms with Gasteiger partial charge in [0.15, 0.2) is 6.79 Å². The molecular weight excluding hydrogens is 322 g/mol. The Kier molecular flexibility index (Phi) is 6.06. The molecule has 25 heavy (non-hydrogen) atoms. The molecule has 1 heterocycles. The number of rotatable bonds is 5. The number of amides is 1. The van der Waals surface area contributed by atoms with Gasteiger partial charge in [0.25, 0.3) is 0 Å². The molecule has 6 heteroatoms. The Morgan fingerprint density at radius 3 is 2.52 bits per heavy atom. The lowest BCUT2D eigenvalue weighted by Crippen LogP contribution is -2.53. The van der Waals surface area contributed by atoms with Crippen LogP contribution < -0.4 is 0 Å². The smallest absolute Gasteiger partial charge is 0.411 e. The van der Waals surface area contributed by atoms with Gasteiger partial charge in [-0.15, -0.1) is 0 Å². The van der Waals surface area contributed by atoms with Crippen LogP contribution in [-0.2, 0) is 25.6 Å². The van der Waals surface area contributed by atoms with Crippen LogP contribution in [-0.4, -0.2) is 41.4 Å². The van der Waals surface area contributed by atoms with Crippen LogP contribution in [0.1, 0.15) is 46.1 Å². The normalized spacial score (nSPS) is 20.4. The minimum Gasteiger partial charge on any atom is -0.444 e. The fourth-order valence-electron chi connectivity index (χ4n) is 2.77. The zero-order valence-electron chi connectivity index (χ0n) is 15.4. The average molecular weight is 349 g/mol. The highest BCUT2D eigenvalue weighted by Gasteiger charge is 2.48. The van der Waals surface area contributed by atoms with Crippen molar-refractivity contribution in [1.82, 2.24) is 4.90 Å². The molecule has 0 bridgehead atoms. The number of carbonyl (C=O) groups is 2. The number of benzene rings is 1. The van der Waals surface area contributed by atoms with Crippen molar-refractivity contribution in [2.75, 3.05) is 13.3 Å². The highest BCUT2D eigenvalue weighted by Crippen LogP contribution is 2.31. The summed E-state index contributed by atoms with van der Waals surface area (Å²) >= 11 is 0. The van der Waals surface area contributed by atoms with E-state index in [4.69, 9.17) is 14.2 Å². The largest absolute Gasteiger partial charge is 0.444 e. The molecule has 1 unspecified atom stereocenters. The summed E-state index contributed by atoms with van der Waals surface area (Å²) in [5.74, 6) is -0.469. The van der Waals surface area contributed by atoms with Gasteiger partial charge in [-0.05, 0) is 46.1 Å². The molecule has 0 aliphatic carbocycles. The Bertz CT molecular complexity index is 596. The summed E-state index contributed by atoms with van der Waals surface area (Å²) in [5, 5.41) is 0. The number of nitrogens with zero attached hydrogens (tertiary/aromatic N) is 1. The SMILES string of the molecule is CC(C)(C)OC(=O)N1CCCC1(C)C(=O)OCOCc1ccccc1. The average Bonchev–Trinajstić information content (AvgIpc) is 2.94. The summed E-state index contributed by atoms with van der Waals surface area (Å²) in [7, 11) is 0. The quantitative estimate of drug-likeness (QED) is 0.462. The molecule has 1 atom stereocenters. The second-order valence-electron chi connectivity index (χ2n) is 7.39. The van der Waals surface area contributed by atoms with Gasteiger partial charge in [-0.1, -0.05) is 30.3 Å². The van der Waals surface area contributed by atoms with Gasteiger partial charge in [-0.3, -0.25) is 4.90 Å². The fourth-order valence-corrected chi connectivity index (χ4v) is 2.77. The van der Waals surface area contributed by atoms with E-state index in [1.54, 1.807) is 27.7 Å². The highest BCUT2D eigenvalue weighted by molar-refractivity contribution is 5.86. The number of likely N-dealkylation sites (tertiary alicyclic amines) is 1. The van der Waals surface area contributed by atoms with Crippen molar-refractivity contribution in [2.24, 2.45) is 0 Å². The van der Waals surface area contributed by atoms with E-state index in [2.05, 4.69) is 0 Å². The number of hydrogen-bond acceptors (Lipinski definition) is 5. The second-order valence-corrected chi connectivity index (χ2v) is 7.39. The second kappa shape index (κ2) is 7.87. The summed E-state index contributed by atoms with van der Waals surface area (Å²) in [6.07, 6.45) is 0.786. The van der Waals surface area contributed by atoms with Crippen LogP contribution >= 0.6 is 0 Å². The van der Waals surface area contributed by atoms with Crippen LogP contribution in [0.15, 0.2) is 30.3 Å². The molecule has 0 saturated carbocycles. The molecule has 1 aliphatic rings. The molecule has 2 rings (SSSR count). The maximum absolute atomic E-state index is 12.5. The lowest BCUT2D eigenvalue weighted by Gasteiger charge is -2.34. The molecule has 1 fully saturated rings. The Labute approximate surface area is 149 Å². The third kappa shape index (κ3) is 5.19. The first-order chi connectivity index (χ1) is 11.7. The summed E-state index contributed by atoms with van der Waals surface area (Å²) in [6, 6.07) is 9.64. The van der Waals surface area contributed by atoms with Crippen LogP contribution in [0, 0.1) is 0 Å². The van der Waals surface area contributed by atoms with Crippen LogP contribution in [0.4, 0.5) is 4.79 Å². The standard InChI is InChI=1S/C19H27NO5/c1-18(2,3)25-17(22)20-12-8-11-19(20,4)16(21)24-14-23-13-15-9-6-5-7-10-15/h5-7,9-10H,8,11-14H2,1-4H3. The number of esters is 1. The third-order valence-electron chi connectivity index (χ3n) is 4.08. The van der Waals surface area contributed by atoms with Gasteiger partial charge in [-0.25, -0.2) is 9.59 Å². The predicted octanol–water partition coefficient (Wildman–Crippen LogP) is 3.49. The van der Waals surface area contributed by atoms with Gasteiger partial charge >= 0.3 is 12.1 Å². The maximum Gasteiger partial charge on any atom is 0.411 e. The molecule has 1 aromatic carbocycles. The zero-order valence-corrected chi connectivity index (χ0v) is 15.4. The molecule has 6 nitrogen and oxygen atoms in total. The first-order valence-corrected chi connectivity index (χ1v) is 8.52. The monoisotopic (exact) mass is 349 g/mol. The summed E-state index contributed by atoms with van der Waals surface area (Å²) < 4.78 is 16.0. The fraction of sp³-hybridized carbons (Fsp3) is 0.579. The van der Waals surface area contributed by atoms with Gasteiger partial charge in [0, 0.05) is 6.54 Å². The Morgan fingerprint density at radius 1 is 1.20 bits per heavy atom. The van der Waals surface area contributed by atoms with E-state index in [0.29, 0.717) is 19.6 Å². The lowest BCUT2D eigenvalue weighted by atomic mass is 9.99. The van der Waals surface area contributed by atoms with Crippen molar-refractivity contribution < 1.29 is 23.8 Å². The number of hydrogen-bond donors (Lipinski definition) is 0. The first kappa shape index (κ1) is 19.2. The summed E-state index contributed by atoms with van der Waals surface area (Å²) in [4.78, 5) is 26.3. The molecular formula is C19H27NO5. The van der Waals surface area contributed by atoms with Crippen LogP contribution in [0.2, 0.25) is 0 Å². The molecule has 0 N–H and O–H groups in total. The van der Waals surface area contributed by atoms with Crippen molar-refractivity contribution in [3.05, 3.63) is 35.9 Å². The van der Waals surface area contributed by atoms with Crippen molar-refractivity contribution in [2.45, 2.75) is 58.3 Å². The minimum absolute atomic E-state index is 0.147. The van der Waals surface area contributed by atoms with E-state index in [0.717, 1.165) is 12.0 Å². The summed E-state index contributed by atoms with van der Waals surface area (Å²) in [6.45, 7) is 7.80. The van der Waals surface area contributed by atoms with Crippen LogP contribution in [0.5, 0.6) is 0 Å². The molecule has 1 amide bonds. The number of ether oxygens (including phenoxy) is 3. The first-order valence-electron chi connectivity index (χ1n) is 8.52. The molecule has 0 spiro atoms. The van der Waals surface area contributed by atoms with Crippen LogP contribution in [0.25, 0.3) is 0 Å². The lowest BCUT2D eigenvalue weighted by molar-refractivity contribution is -0.168. The van der Waals surface area contributed by atoms with E-state index in [9.17, 15) is 9.59 Å². The van der Waals surface area contributed by atoms with E-state index in [1.807, 2.05) is 30.3 Å². The van der Waals surface area contributed by atoms with Gasteiger partial charge in [0.2, 0.25) is 0 Å². The van der Waals surface area contributed by atoms with Crippen molar-refractivity contribution in [1.29, 1.82) is 0 Å². The van der Waals surface area contributed by atoms with Crippen LogP contribution in [0.3, 0.4) is 0 Å². The van der Waals surface area contributed by atoms with E-state index >= 15 is 0 Å². The third-order valence-corrected chi connectivity index (χ3v) is 4.08. The van der Waals surface area contributed by atoms with Gasteiger partial charge in [0.1, 0.15) is 11.1 Å². The molecule has 1 aliphatic heterocycles. The molecule has 1 aromatic rings. The molecule has 1 saturated heterocycles. The van der Waals surface area contributed by atoms with E-state index in [-0.39, 0.29) is 6.79 Å². The maximum atomic E-state index is 12.5. The molecule has 0 aromatic heterocycles. The number of carbonyl (C=O) groups excluding carboxylic acids is 2. The van der Waals surface area contributed by atoms with E-state index in [1.165, 1.54) is 4.90 Å². The Hall–Kier alpha value is -2.08. The topological polar surface area (TPSA) is 65.1 Å². The van der Waals surface area contributed by atoms with Gasteiger partial charge in [-0.2, -0.15) is 0 Å². The van der Waals surface area contributed by atoms with Crippen molar-refractivity contribution in [3.8, 4) is 0 Å². The Balaban J connectivity index is 1.87. The van der Waals surface area contributed by atoms with Gasteiger partial charge < -0.3 is 14.2 Å². The highest BCUT2D eigenvalue weighted by atomic mass is 16.7. The Morgan fingerprint density at radius 2 is 1.88 bits per heavy atom. The molecule has 138 valence electrons.